The number of hydrogen-bond acceptors (Lipinski definition) is 4. The number of benzene rings is 2. The number of fused-ring (bicyclic) bond motifs is 3. The topological polar surface area (TPSA) is 95.9 Å². The first kappa shape index (κ1) is 24.8. The Morgan fingerprint density at radius 3 is 2.20 bits per heavy atom. The van der Waals surface area contributed by atoms with Crippen LogP contribution in [0.2, 0.25) is 0 Å². The molecule has 2 aromatic carbocycles. The first-order chi connectivity index (χ1) is 16.8. The average Bonchev–Trinajstić information content (AvgIpc) is 3.15. The van der Waals surface area contributed by atoms with Gasteiger partial charge in [0.2, 0.25) is 5.91 Å². The van der Waals surface area contributed by atoms with Gasteiger partial charge in [-0.1, -0.05) is 69.3 Å². The molecule has 1 aliphatic carbocycles. The summed E-state index contributed by atoms with van der Waals surface area (Å²) in [5, 5.41) is 12.4. The van der Waals surface area contributed by atoms with Gasteiger partial charge in [0.05, 0.1) is 0 Å². The first-order valence-corrected chi connectivity index (χ1v) is 12.4. The Hall–Kier alpha value is -3.35. The fourth-order valence-corrected chi connectivity index (χ4v) is 5.33. The molecule has 2 amide bonds. The van der Waals surface area contributed by atoms with Crippen molar-refractivity contribution in [1.82, 2.24) is 10.2 Å². The highest BCUT2D eigenvalue weighted by Crippen LogP contribution is 2.44. The molecule has 2 aliphatic rings. The van der Waals surface area contributed by atoms with Gasteiger partial charge in [0.1, 0.15) is 18.7 Å². The number of rotatable bonds is 7. The molecule has 35 heavy (non-hydrogen) atoms. The molecular weight excluding hydrogens is 444 g/mol. The summed E-state index contributed by atoms with van der Waals surface area (Å²) in [5.74, 6) is -1.10. The molecule has 2 N–H and O–H groups in total. The Morgan fingerprint density at radius 1 is 1.03 bits per heavy atom. The number of piperidine rings is 1. The van der Waals surface area contributed by atoms with Crippen molar-refractivity contribution >= 4 is 18.0 Å². The van der Waals surface area contributed by atoms with Crippen molar-refractivity contribution in [3.8, 4) is 11.1 Å². The van der Waals surface area contributed by atoms with E-state index in [1.807, 2.05) is 45.0 Å². The number of nitrogens with zero attached hydrogens (tertiary/aromatic N) is 1. The van der Waals surface area contributed by atoms with Crippen LogP contribution < -0.4 is 5.32 Å². The first-order valence-electron chi connectivity index (χ1n) is 12.4. The van der Waals surface area contributed by atoms with E-state index >= 15 is 0 Å². The molecule has 7 nitrogen and oxygen atoms in total. The Labute approximate surface area is 206 Å². The van der Waals surface area contributed by atoms with Gasteiger partial charge in [-0.15, -0.1) is 0 Å². The number of carbonyl (C=O) groups excluding carboxylic acids is 2. The molecule has 1 heterocycles. The molecule has 1 fully saturated rings. The lowest BCUT2D eigenvalue weighted by Crippen LogP contribution is -2.57. The van der Waals surface area contributed by atoms with Gasteiger partial charge in [0.25, 0.3) is 0 Å². The number of hydrogen-bond donors (Lipinski definition) is 2. The molecule has 4 rings (SSSR count). The van der Waals surface area contributed by atoms with Crippen LogP contribution in [0.5, 0.6) is 0 Å². The lowest BCUT2D eigenvalue weighted by Gasteiger charge is -2.38. The second-order valence-electron chi connectivity index (χ2n) is 10.2. The van der Waals surface area contributed by atoms with Gasteiger partial charge < -0.3 is 20.1 Å². The van der Waals surface area contributed by atoms with Crippen molar-refractivity contribution in [3.05, 3.63) is 59.7 Å². The molecule has 0 radical (unpaired) electrons. The fourth-order valence-electron chi connectivity index (χ4n) is 5.33. The average molecular weight is 479 g/mol. The Bertz CT molecular complexity index is 1050. The molecule has 1 aliphatic heterocycles. The largest absolute Gasteiger partial charge is 0.480 e. The minimum atomic E-state index is -1.00. The molecule has 0 saturated carbocycles. The van der Waals surface area contributed by atoms with E-state index in [0.29, 0.717) is 19.4 Å². The molecule has 2 unspecified atom stereocenters. The van der Waals surface area contributed by atoms with Crippen molar-refractivity contribution in [2.45, 2.75) is 58.0 Å². The molecule has 0 spiro atoms. The van der Waals surface area contributed by atoms with E-state index in [0.717, 1.165) is 28.7 Å². The number of aliphatic carboxylic acids is 1. The van der Waals surface area contributed by atoms with Crippen LogP contribution in [0.3, 0.4) is 0 Å². The molecule has 186 valence electrons. The number of carboxylic acid groups (broad SMARTS) is 1. The number of carboxylic acids is 1. The summed E-state index contributed by atoms with van der Waals surface area (Å²) in [5.41, 5.74) is 4.51. The Balaban J connectivity index is 1.46. The van der Waals surface area contributed by atoms with E-state index in [2.05, 4.69) is 29.6 Å². The summed E-state index contributed by atoms with van der Waals surface area (Å²) in [4.78, 5) is 39.5. The second-order valence-corrected chi connectivity index (χ2v) is 10.2. The lowest BCUT2D eigenvalue weighted by molar-refractivity contribution is -0.154. The van der Waals surface area contributed by atoms with Crippen molar-refractivity contribution in [2.75, 3.05) is 13.2 Å². The molecule has 0 aromatic heterocycles. The molecule has 7 heteroatoms. The summed E-state index contributed by atoms with van der Waals surface area (Å²) in [7, 11) is 0. The number of alkyl carbamates (subject to hydrolysis) is 1. The van der Waals surface area contributed by atoms with Crippen LogP contribution in [0.15, 0.2) is 48.5 Å². The molecule has 3 atom stereocenters. The van der Waals surface area contributed by atoms with Gasteiger partial charge in [-0.25, -0.2) is 9.59 Å². The Kier molecular flexibility index (Phi) is 7.43. The third-order valence-electron chi connectivity index (χ3n) is 7.03. The number of ether oxygens (including phenoxy) is 1. The van der Waals surface area contributed by atoms with Crippen molar-refractivity contribution in [1.29, 1.82) is 0 Å². The summed E-state index contributed by atoms with van der Waals surface area (Å²) < 4.78 is 5.65. The van der Waals surface area contributed by atoms with Crippen LogP contribution >= 0.6 is 0 Å². The minimum Gasteiger partial charge on any atom is -0.480 e. The highest BCUT2D eigenvalue weighted by molar-refractivity contribution is 5.89. The standard InChI is InChI=1S/C28H34N2O5/c1-17(2)14-24(26(31)30-15-18(3)12-13-25(30)27(32)33)29-28(34)35-16-23-21-10-6-4-8-19(21)20-9-5-7-11-22(20)23/h4-11,17-18,23-25H,12-16H2,1-3H3,(H,29,34)(H,32,33)/t18?,24-,25?/m1/s1. The van der Waals surface area contributed by atoms with Gasteiger partial charge in [-0.05, 0) is 53.4 Å². The Morgan fingerprint density at radius 2 is 1.63 bits per heavy atom. The van der Waals surface area contributed by atoms with E-state index in [1.54, 1.807) is 0 Å². The van der Waals surface area contributed by atoms with Gasteiger partial charge in [-0.2, -0.15) is 0 Å². The van der Waals surface area contributed by atoms with Crippen LogP contribution in [0.1, 0.15) is 57.1 Å². The predicted molar refractivity (Wildman–Crippen MR) is 133 cm³/mol. The van der Waals surface area contributed by atoms with Gasteiger partial charge in [-0.3, -0.25) is 4.79 Å². The minimum absolute atomic E-state index is 0.0771. The highest BCUT2D eigenvalue weighted by atomic mass is 16.5. The number of nitrogens with one attached hydrogen (secondary N) is 1. The van der Waals surface area contributed by atoms with Crippen LogP contribution in [-0.2, 0) is 14.3 Å². The van der Waals surface area contributed by atoms with Crippen molar-refractivity contribution < 1.29 is 24.2 Å². The monoisotopic (exact) mass is 478 g/mol. The maximum atomic E-state index is 13.4. The van der Waals surface area contributed by atoms with Crippen LogP contribution in [0, 0.1) is 11.8 Å². The molecule has 0 bridgehead atoms. The zero-order valence-corrected chi connectivity index (χ0v) is 20.6. The van der Waals surface area contributed by atoms with E-state index < -0.39 is 24.1 Å². The number of amides is 2. The SMILES string of the molecule is CC(C)C[C@@H](NC(=O)OCC1c2ccccc2-c2ccccc21)C(=O)N1CC(C)CCC1C(=O)O. The molecular formula is C28H34N2O5. The predicted octanol–water partition coefficient (Wildman–Crippen LogP) is 4.65. The third-order valence-corrected chi connectivity index (χ3v) is 7.03. The summed E-state index contributed by atoms with van der Waals surface area (Å²) in [6.07, 6.45) is 0.917. The summed E-state index contributed by atoms with van der Waals surface area (Å²) in [6.45, 7) is 6.47. The van der Waals surface area contributed by atoms with E-state index in [1.165, 1.54) is 4.90 Å². The van der Waals surface area contributed by atoms with Gasteiger partial charge >= 0.3 is 12.1 Å². The maximum Gasteiger partial charge on any atom is 0.407 e. The zero-order valence-electron chi connectivity index (χ0n) is 20.6. The number of carbonyl (C=O) groups is 3. The summed E-state index contributed by atoms with van der Waals surface area (Å²) >= 11 is 0. The molecule has 1 saturated heterocycles. The van der Waals surface area contributed by atoms with Crippen LogP contribution in [0.25, 0.3) is 11.1 Å². The van der Waals surface area contributed by atoms with Crippen LogP contribution in [0.4, 0.5) is 4.79 Å². The highest BCUT2D eigenvalue weighted by Gasteiger charge is 2.38. The molecule has 2 aromatic rings. The summed E-state index contributed by atoms with van der Waals surface area (Å²) in [6, 6.07) is 14.5. The normalized spacial score (nSPS) is 20.2. The van der Waals surface area contributed by atoms with E-state index in [4.69, 9.17) is 4.74 Å². The second kappa shape index (κ2) is 10.5. The van der Waals surface area contributed by atoms with Gasteiger partial charge in [0, 0.05) is 12.5 Å². The third kappa shape index (κ3) is 5.34. The lowest BCUT2D eigenvalue weighted by atomic mass is 9.92. The number of likely N-dealkylation sites (tertiary alicyclic amines) is 1. The van der Waals surface area contributed by atoms with E-state index in [-0.39, 0.29) is 30.3 Å². The maximum absolute atomic E-state index is 13.4. The van der Waals surface area contributed by atoms with Gasteiger partial charge in [0.15, 0.2) is 0 Å². The smallest absolute Gasteiger partial charge is 0.407 e. The van der Waals surface area contributed by atoms with Crippen molar-refractivity contribution in [2.24, 2.45) is 11.8 Å². The zero-order chi connectivity index (χ0) is 25.1. The van der Waals surface area contributed by atoms with E-state index in [9.17, 15) is 19.5 Å². The van der Waals surface area contributed by atoms with Crippen LogP contribution in [-0.4, -0.2) is 53.2 Å². The van der Waals surface area contributed by atoms with Crippen molar-refractivity contribution in [3.63, 3.8) is 0 Å². The quantitative estimate of drug-likeness (QED) is 0.604. The fraction of sp³-hybridized carbons (Fsp3) is 0.464.